The van der Waals surface area contributed by atoms with E-state index in [1.807, 2.05) is 19.1 Å². The lowest BCUT2D eigenvalue weighted by Gasteiger charge is -2.31. The minimum atomic E-state index is -0.260. The van der Waals surface area contributed by atoms with Crippen LogP contribution in [0.2, 0.25) is 5.02 Å². The number of carbonyl (C=O) groups excluding carboxylic acids is 1. The van der Waals surface area contributed by atoms with Gasteiger partial charge in [0.15, 0.2) is 0 Å². The molecule has 1 saturated heterocycles. The highest BCUT2D eigenvalue weighted by Crippen LogP contribution is 2.22. The summed E-state index contributed by atoms with van der Waals surface area (Å²) in [6.45, 7) is 6.12. The minimum absolute atomic E-state index is 0.260. The van der Waals surface area contributed by atoms with Crippen LogP contribution in [0.15, 0.2) is 30.6 Å². The van der Waals surface area contributed by atoms with E-state index in [1.54, 1.807) is 12.1 Å². The van der Waals surface area contributed by atoms with Crippen LogP contribution in [-0.4, -0.2) is 29.0 Å². The molecule has 0 bridgehead atoms. The van der Waals surface area contributed by atoms with Crippen molar-refractivity contribution >= 4 is 29.0 Å². The lowest BCUT2D eigenvalue weighted by Crippen LogP contribution is -2.33. The first-order valence-corrected chi connectivity index (χ1v) is 8.55. The Morgan fingerprint density at radius 3 is 2.71 bits per heavy atom. The molecule has 2 heterocycles. The Kier molecular flexibility index (Phi) is 5.00. The van der Waals surface area contributed by atoms with Crippen LogP contribution in [0, 0.1) is 12.8 Å². The van der Waals surface area contributed by atoms with Gasteiger partial charge in [-0.1, -0.05) is 24.6 Å². The van der Waals surface area contributed by atoms with Crippen molar-refractivity contribution in [3.8, 4) is 0 Å². The van der Waals surface area contributed by atoms with Crippen molar-refractivity contribution in [2.75, 3.05) is 23.3 Å². The summed E-state index contributed by atoms with van der Waals surface area (Å²) in [5.41, 5.74) is 1.98. The molecule has 6 heteroatoms. The van der Waals surface area contributed by atoms with Gasteiger partial charge in [-0.3, -0.25) is 4.79 Å². The lowest BCUT2D eigenvalue weighted by atomic mass is 9.99. The maximum Gasteiger partial charge on any atom is 0.274 e. The summed E-state index contributed by atoms with van der Waals surface area (Å²) >= 11 is 6.10. The number of hydrogen-bond donors (Lipinski definition) is 1. The molecule has 1 aromatic carbocycles. The van der Waals surface area contributed by atoms with Gasteiger partial charge < -0.3 is 10.2 Å². The van der Waals surface area contributed by atoms with Crippen molar-refractivity contribution in [1.82, 2.24) is 9.97 Å². The van der Waals surface area contributed by atoms with Crippen molar-refractivity contribution in [3.63, 3.8) is 0 Å². The molecule has 0 aliphatic carbocycles. The molecule has 0 unspecified atom stereocenters. The summed E-state index contributed by atoms with van der Waals surface area (Å²) in [6, 6.07) is 7.19. The Balaban J connectivity index is 1.73. The van der Waals surface area contributed by atoms with E-state index in [2.05, 4.69) is 27.1 Å². The van der Waals surface area contributed by atoms with E-state index >= 15 is 0 Å². The first-order chi connectivity index (χ1) is 11.5. The number of amides is 1. The number of anilines is 2. The molecular formula is C18H21ClN4O. The fourth-order valence-corrected chi connectivity index (χ4v) is 2.93. The molecule has 0 saturated carbocycles. The molecule has 0 spiro atoms. The van der Waals surface area contributed by atoms with Crippen LogP contribution in [0.3, 0.4) is 0 Å². The largest absolute Gasteiger partial charge is 0.356 e. The molecule has 1 N–H and O–H groups in total. The van der Waals surface area contributed by atoms with Crippen molar-refractivity contribution in [1.29, 1.82) is 0 Å². The molecule has 0 radical (unpaired) electrons. The second kappa shape index (κ2) is 7.18. The van der Waals surface area contributed by atoms with E-state index < -0.39 is 0 Å². The molecule has 3 rings (SSSR count). The summed E-state index contributed by atoms with van der Waals surface area (Å²) < 4.78 is 0. The van der Waals surface area contributed by atoms with Gasteiger partial charge in [0.2, 0.25) is 0 Å². The first-order valence-electron chi connectivity index (χ1n) is 8.17. The predicted molar refractivity (Wildman–Crippen MR) is 96.8 cm³/mol. The van der Waals surface area contributed by atoms with Crippen molar-refractivity contribution in [3.05, 3.63) is 46.9 Å². The number of nitrogens with one attached hydrogen (secondary N) is 1. The fourth-order valence-electron chi connectivity index (χ4n) is 2.75. The van der Waals surface area contributed by atoms with E-state index in [0.717, 1.165) is 43.2 Å². The summed E-state index contributed by atoms with van der Waals surface area (Å²) in [6.07, 6.45) is 3.74. The highest BCUT2D eigenvalue weighted by atomic mass is 35.5. The third kappa shape index (κ3) is 3.85. The second-order valence-corrected chi connectivity index (χ2v) is 6.76. The Labute approximate surface area is 147 Å². The van der Waals surface area contributed by atoms with Gasteiger partial charge in [0, 0.05) is 29.9 Å². The van der Waals surface area contributed by atoms with Gasteiger partial charge >= 0.3 is 0 Å². The molecule has 1 aromatic heterocycles. The van der Waals surface area contributed by atoms with Crippen LogP contribution in [0.25, 0.3) is 0 Å². The molecule has 1 amide bonds. The van der Waals surface area contributed by atoms with E-state index in [9.17, 15) is 4.79 Å². The van der Waals surface area contributed by atoms with Crippen molar-refractivity contribution in [2.45, 2.75) is 26.7 Å². The number of piperidine rings is 1. The van der Waals surface area contributed by atoms with Gasteiger partial charge in [-0.05, 0) is 43.4 Å². The quantitative estimate of drug-likeness (QED) is 0.916. The summed E-state index contributed by atoms with van der Waals surface area (Å²) in [4.78, 5) is 23.1. The molecular weight excluding hydrogens is 324 g/mol. The number of carbonyl (C=O) groups is 1. The molecule has 1 fully saturated rings. The van der Waals surface area contributed by atoms with E-state index in [0.29, 0.717) is 16.4 Å². The Morgan fingerprint density at radius 1 is 1.25 bits per heavy atom. The van der Waals surface area contributed by atoms with Crippen LogP contribution in [0.4, 0.5) is 11.5 Å². The van der Waals surface area contributed by atoms with Gasteiger partial charge in [0.1, 0.15) is 17.8 Å². The van der Waals surface area contributed by atoms with E-state index in [-0.39, 0.29) is 5.91 Å². The molecule has 126 valence electrons. The fraction of sp³-hybridized carbons (Fsp3) is 0.389. The Hall–Kier alpha value is -2.14. The average Bonchev–Trinajstić information content (AvgIpc) is 2.59. The maximum atomic E-state index is 12.4. The lowest BCUT2D eigenvalue weighted by molar-refractivity contribution is 0.102. The number of halogens is 1. The van der Waals surface area contributed by atoms with Gasteiger partial charge in [0.05, 0.1) is 0 Å². The summed E-state index contributed by atoms with van der Waals surface area (Å²) in [5, 5.41) is 3.46. The Bertz CT molecular complexity index is 742. The van der Waals surface area contributed by atoms with Gasteiger partial charge in [-0.25, -0.2) is 9.97 Å². The standard InChI is InChI=1S/C18H21ClN4O/c1-12-5-7-23(8-6-12)17-10-16(20-11-21-17)18(24)22-14-4-3-13(2)15(19)9-14/h3-4,9-12H,5-8H2,1-2H3,(H,22,24). The first kappa shape index (κ1) is 16.7. The number of aromatic nitrogens is 2. The zero-order valence-electron chi connectivity index (χ0n) is 13.9. The highest BCUT2D eigenvalue weighted by Gasteiger charge is 2.18. The minimum Gasteiger partial charge on any atom is -0.356 e. The molecule has 1 aliphatic rings. The van der Waals surface area contributed by atoms with Gasteiger partial charge in [-0.15, -0.1) is 0 Å². The zero-order valence-corrected chi connectivity index (χ0v) is 14.7. The molecule has 1 aliphatic heterocycles. The normalized spacial score (nSPS) is 15.4. The number of nitrogens with zero attached hydrogens (tertiary/aromatic N) is 3. The summed E-state index contributed by atoms with van der Waals surface area (Å²) in [5.74, 6) is 1.30. The van der Waals surface area contributed by atoms with Crippen LogP contribution in [-0.2, 0) is 0 Å². The number of benzene rings is 1. The zero-order chi connectivity index (χ0) is 17.1. The smallest absolute Gasteiger partial charge is 0.274 e. The third-order valence-corrected chi connectivity index (χ3v) is 4.83. The molecule has 0 atom stereocenters. The Morgan fingerprint density at radius 2 is 2.00 bits per heavy atom. The second-order valence-electron chi connectivity index (χ2n) is 6.35. The van der Waals surface area contributed by atoms with Crippen LogP contribution in [0.5, 0.6) is 0 Å². The molecule has 24 heavy (non-hydrogen) atoms. The third-order valence-electron chi connectivity index (χ3n) is 4.42. The highest BCUT2D eigenvalue weighted by molar-refractivity contribution is 6.31. The van der Waals surface area contributed by atoms with Crippen LogP contribution in [0.1, 0.15) is 35.8 Å². The van der Waals surface area contributed by atoms with Crippen molar-refractivity contribution < 1.29 is 4.79 Å². The van der Waals surface area contributed by atoms with E-state index in [1.165, 1.54) is 6.33 Å². The number of aryl methyl sites for hydroxylation is 1. The monoisotopic (exact) mass is 344 g/mol. The van der Waals surface area contributed by atoms with Crippen LogP contribution >= 0.6 is 11.6 Å². The molecule has 5 nitrogen and oxygen atoms in total. The predicted octanol–water partition coefficient (Wildman–Crippen LogP) is 3.93. The molecule has 2 aromatic rings. The summed E-state index contributed by atoms with van der Waals surface area (Å²) in [7, 11) is 0. The van der Waals surface area contributed by atoms with Gasteiger partial charge in [0.25, 0.3) is 5.91 Å². The van der Waals surface area contributed by atoms with E-state index in [4.69, 9.17) is 11.6 Å². The topological polar surface area (TPSA) is 58.1 Å². The number of hydrogen-bond acceptors (Lipinski definition) is 4. The van der Waals surface area contributed by atoms with Crippen LogP contribution < -0.4 is 10.2 Å². The maximum absolute atomic E-state index is 12.4. The van der Waals surface area contributed by atoms with Crippen molar-refractivity contribution in [2.24, 2.45) is 5.92 Å². The number of rotatable bonds is 3. The average molecular weight is 345 g/mol. The van der Waals surface area contributed by atoms with Gasteiger partial charge in [-0.2, -0.15) is 0 Å². The SMILES string of the molecule is Cc1ccc(NC(=O)c2cc(N3CCC(C)CC3)ncn2)cc1Cl.